The molecule has 3 rings (SSSR count). The van der Waals surface area contributed by atoms with Crippen LogP contribution >= 0.6 is 12.2 Å². The highest BCUT2D eigenvalue weighted by atomic mass is 32.1. The SMILES string of the molecule is Cc1ccc(N=C(C(=O)c2ccccc2)C(=S)Nc2ccccc2)cc1. The Morgan fingerprint density at radius 1 is 0.846 bits per heavy atom. The number of para-hydroxylation sites is 1. The topological polar surface area (TPSA) is 41.5 Å². The highest BCUT2D eigenvalue weighted by Gasteiger charge is 2.19. The predicted molar refractivity (Wildman–Crippen MR) is 112 cm³/mol. The standard InChI is InChI=1S/C22H18N2OS/c1-16-12-14-19(15-13-16)23-20(21(25)17-8-4-2-5-9-17)22(26)24-18-10-6-3-7-11-18/h2-15H,1H3,(H,24,26). The summed E-state index contributed by atoms with van der Waals surface area (Å²) in [5.74, 6) is -0.209. The second-order valence-electron chi connectivity index (χ2n) is 5.81. The van der Waals surface area contributed by atoms with E-state index in [0.29, 0.717) is 16.2 Å². The fraction of sp³-hybridized carbons (Fsp3) is 0.0455. The van der Waals surface area contributed by atoms with E-state index in [1.807, 2.05) is 79.7 Å². The van der Waals surface area contributed by atoms with Crippen LogP contribution in [0.4, 0.5) is 11.4 Å². The summed E-state index contributed by atoms with van der Waals surface area (Å²) in [6, 6.07) is 26.2. The molecule has 3 aromatic rings. The molecule has 0 aromatic heterocycles. The Labute approximate surface area is 158 Å². The zero-order chi connectivity index (χ0) is 18.4. The lowest BCUT2D eigenvalue weighted by molar-refractivity contribution is 0.106. The van der Waals surface area contributed by atoms with Crippen molar-refractivity contribution in [2.75, 3.05) is 5.32 Å². The number of ketones is 1. The van der Waals surface area contributed by atoms with E-state index < -0.39 is 0 Å². The summed E-state index contributed by atoms with van der Waals surface area (Å²) in [4.78, 5) is 17.8. The number of nitrogens with zero attached hydrogens (tertiary/aromatic N) is 1. The highest BCUT2D eigenvalue weighted by Crippen LogP contribution is 2.16. The Bertz CT molecular complexity index is 933. The molecule has 26 heavy (non-hydrogen) atoms. The molecule has 0 unspecified atom stereocenters. The van der Waals surface area contributed by atoms with Gasteiger partial charge in [0, 0.05) is 11.3 Å². The van der Waals surface area contributed by atoms with Crippen LogP contribution in [0.15, 0.2) is 89.9 Å². The molecule has 0 aliphatic heterocycles. The number of benzene rings is 3. The molecule has 3 aromatic carbocycles. The van der Waals surface area contributed by atoms with E-state index in [0.717, 1.165) is 11.3 Å². The molecule has 0 aliphatic carbocycles. The van der Waals surface area contributed by atoms with E-state index in [2.05, 4.69) is 10.3 Å². The van der Waals surface area contributed by atoms with Crippen LogP contribution in [0.2, 0.25) is 0 Å². The average Bonchev–Trinajstić information content (AvgIpc) is 2.68. The van der Waals surface area contributed by atoms with Crippen LogP contribution in [0.5, 0.6) is 0 Å². The van der Waals surface area contributed by atoms with Gasteiger partial charge in [0.05, 0.1) is 5.69 Å². The van der Waals surface area contributed by atoms with Gasteiger partial charge in [-0.2, -0.15) is 0 Å². The fourth-order valence-electron chi connectivity index (χ4n) is 2.39. The van der Waals surface area contributed by atoms with Gasteiger partial charge in [-0.1, -0.05) is 78.4 Å². The molecule has 0 saturated carbocycles. The third-order valence-electron chi connectivity index (χ3n) is 3.77. The van der Waals surface area contributed by atoms with Gasteiger partial charge in [-0.3, -0.25) is 4.79 Å². The number of anilines is 1. The molecule has 0 bridgehead atoms. The number of rotatable bonds is 5. The van der Waals surface area contributed by atoms with Crippen molar-refractivity contribution in [2.45, 2.75) is 6.92 Å². The molecule has 0 atom stereocenters. The Hall–Kier alpha value is -3.11. The molecule has 0 saturated heterocycles. The maximum Gasteiger partial charge on any atom is 0.214 e. The summed E-state index contributed by atoms with van der Waals surface area (Å²) in [6.45, 7) is 2.01. The van der Waals surface area contributed by atoms with Gasteiger partial charge in [-0.25, -0.2) is 4.99 Å². The molecule has 128 valence electrons. The number of aryl methyl sites for hydroxylation is 1. The first-order valence-electron chi connectivity index (χ1n) is 8.25. The molecule has 0 aliphatic rings. The van der Waals surface area contributed by atoms with Crippen LogP contribution in [0.1, 0.15) is 15.9 Å². The van der Waals surface area contributed by atoms with Crippen molar-refractivity contribution < 1.29 is 4.79 Å². The van der Waals surface area contributed by atoms with E-state index in [9.17, 15) is 4.79 Å². The summed E-state index contributed by atoms with van der Waals surface area (Å²) < 4.78 is 0. The third kappa shape index (κ3) is 4.49. The summed E-state index contributed by atoms with van der Waals surface area (Å²) in [5, 5.41) is 3.10. The molecule has 0 heterocycles. The minimum absolute atomic E-state index is 0.209. The molecule has 3 nitrogen and oxygen atoms in total. The predicted octanol–water partition coefficient (Wildman–Crippen LogP) is 5.39. The van der Waals surface area contributed by atoms with Gasteiger partial charge < -0.3 is 5.32 Å². The first-order chi connectivity index (χ1) is 12.6. The van der Waals surface area contributed by atoms with Crippen molar-refractivity contribution in [3.63, 3.8) is 0 Å². The third-order valence-corrected chi connectivity index (χ3v) is 4.07. The Balaban J connectivity index is 1.96. The lowest BCUT2D eigenvalue weighted by atomic mass is 10.1. The number of Topliss-reactive ketones (excluding diaryl/α,β-unsaturated/α-hetero) is 1. The number of hydrogen-bond donors (Lipinski definition) is 1. The van der Waals surface area contributed by atoms with E-state index >= 15 is 0 Å². The Morgan fingerprint density at radius 2 is 1.42 bits per heavy atom. The average molecular weight is 358 g/mol. The maximum absolute atomic E-state index is 13.0. The van der Waals surface area contributed by atoms with E-state index in [1.54, 1.807) is 12.1 Å². The number of aliphatic imine (C=N–C) groups is 1. The van der Waals surface area contributed by atoms with Crippen LogP contribution in [0.25, 0.3) is 0 Å². The number of hydrogen-bond acceptors (Lipinski definition) is 3. The van der Waals surface area contributed by atoms with Crippen LogP contribution in [-0.4, -0.2) is 16.5 Å². The summed E-state index contributed by atoms with van der Waals surface area (Å²) in [7, 11) is 0. The number of thiocarbonyl (C=S) groups is 1. The normalized spacial score (nSPS) is 11.0. The van der Waals surface area contributed by atoms with Gasteiger partial charge in [-0.15, -0.1) is 0 Å². The molecular formula is C22H18N2OS. The highest BCUT2D eigenvalue weighted by molar-refractivity contribution is 7.82. The van der Waals surface area contributed by atoms with Crippen molar-refractivity contribution in [3.05, 3.63) is 96.1 Å². The molecule has 0 spiro atoms. The summed E-state index contributed by atoms with van der Waals surface area (Å²) in [6.07, 6.45) is 0. The molecular weight excluding hydrogens is 340 g/mol. The van der Waals surface area contributed by atoms with Gasteiger partial charge in [-0.05, 0) is 31.2 Å². The zero-order valence-electron chi connectivity index (χ0n) is 14.3. The Morgan fingerprint density at radius 3 is 2.04 bits per heavy atom. The number of carbonyl (C=O) groups is 1. The first kappa shape index (κ1) is 17.7. The molecule has 1 N–H and O–H groups in total. The first-order valence-corrected chi connectivity index (χ1v) is 8.66. The van der Waals surface area contributed by atoms with Gasteiger partial charge in [0.15, 0.2) is 0 Å². The van der Waals surface area contributed by atoms with Crippen molar-refractivity contribution >= 4 is 40.1 Å². The van der Waals surface area contributed by atoms with E-state index in [4.69, 9.17) is 12.2 Å². The van der Waals surface area contributed by atoms with E-state index in [1.165, 1.54) is 0 Å². The molecule has 0 amide bonds. The van der Waals surface area contributed by atoms with E-state index in [-0.39, 0.29) is 11.5 Å². The van der Waals surface area contributed by atoms with Crippen LogP contribution < -0.4 is 5.32 Å². The zero-order valence-corrected chi connectivity index (χ0v) is 15.2. The summed E-state index contributed by atoms with van der Waals surface area (Å²) in [5.41, 5.74) is 3.40. The summed E-state index contributed by atoms with van der Waals surface area (Å²) >= 11 is 5.50. The van der Waals surface area contributed by atoms with Gasteiger partial charge in [0.25, 0.3) is 0 Å². The number of nitrogens with one attached hydrogen (secondary N) is 1. The van der Waals surface area contributed by atoms with Gasteiger partial charge >= 0.3 is 0 Å². The Kier molecular flexibility index (Phi) is 5.66. The second-order valence-corrected chi connectivity index (χ2v) is 6.22. The second kappa shape index (κ2) is 8.32. The smallest absolute Gasteiger partial charge is 0.214 e. The number of carbonyl (C=O) groups excluding carboxylic acids is 1. The molecule has 4 heteroatoms. The monoisotopic (exact) mass is 358 g/mol. The lowest BCUT2D eigenvalue weighted by Gasteiger charge is -2.11. The van der Waals surface area contributed by atoms with Crippen LogP contribution in [0.3, 0.4) is 0 Å². The molecule has 0 fully saturated rings. The quantitative estimate of drug-likeness (QED) is 0.378. The lowest BCUT2D eigenvalue weighted by Crippen LogP contribution is -2.28. The van der Waals surface area contributed by atoms with Crippen molar-refractivity contribution in [3.8, 4) is 0 Å². The van der Waals surface area contributed by atoms with Gasteiger partial charge in [0.1, 0.15) is 10.7 Å². The van der Waals surface area contributed by atoms with Crippen LogP contribution in [0, 0.1) is 6.92 Å². The largest absolute Gasteiger partial charge is 0.345 e. The van der Waals surface area contributed by atoms with Crippen molar-refractivity contribution in [1.82, 2.24) is 0 Å². The minimum Gasteiger partial charge on any atom is -0.345 e. The fourth-order valence-corrected chi connectivity index (χ4v) is 2.65. The van der Waals surface area contributed by atoms with Crippen LogP contribution in [-0.2, 0) is 0 Å². The van der Waals surface area contributed by atoms with Crippen molar-refractivity contribution in [1.29, 1.82) is 0 Å². The maximum atomic E-state index is 13.0. The van der Waals surface area contributed by atoms with Gasteiger partial charge in [0.2, 0.25) is 5.78 Å². The molecule has 0 radical (unpaired) electrons. The minimum atomic E-state index is -0.209. The van der Waals surface area contributed by atoms with Crippen molar-refractivity contribution in [2.24, 2.45) is 4.99 Å².